The zero-order valence-corrected chi connectivity index (χ0v) is 12.5. The van der Waals surface area contributed by atoms with Crippen molar-refractivity contribution >= 4 is 28.2 Å². The van der Waals surface area contributed by atoms with Gasteiger partial charge in [0.05, 0.1) is 11.5 Å². The van der Waals surface area contributed by atoms with Gasteiger partial charge in [-0.25, -0.2) is 0 Å². The van der Waals surface area contributed by atoms with Crippen molar-refractivity contribution < 1.29 is 9.52 Å². The van der Waals surface area contributed by atoms with E-state index in [1.807, 2.05) is 30.3 Å². The number of benzene rings is 3. The van der Waals surface area contributed by atoms with Crippen molar-refractivity contribution in [1.82, 2.24) is 0 Å². The second-order valence-corrected chi connectivity index (χ2v) is 5.48. The van der Waals surface area contributed by atoms with E-state index in [4.69, 9.17) is 4.42 Å². The first-order chi connectivity index (χ1) is 11.7. The van der Waals surface area contributed by atoms with Gasteiger partial charge in [0.1, 0.15) is 11.2 Å². The Labute approximate surface area is 135 Å². The van der Waals surface area contributed by atoms with E-state index in [1.54, 1.807) is 12.1 Å². The molecule has 4 nitrogen and oxygen atoms in total. The van der Waals surface area contributed by atoms with Gasteiger partial charge in [-0.3, -0.25) is 9.59 Å². The lowest BCUT2D eigenvalue weighted by Crippen LogP contribution is -2.23. The Balaban J connectivity index is 2.34. The summed E-state index contributed by atoms with van der Waals surface area (Å²) in [5.74, 6) is 0. The highest BCUT2D eigenvalue weighted by atomic mass is 16.3. The Hall–Kier alpha value is -3.40. The van der Waals surface area contributed by atoms with Gasteiger partial charge in [0, 0.05) is 22.4 Å². The molecule has 0 saturated heterocycles. The highest BCUT2D eigenvalue weighted by Gasteiger charge is 2.14. The quantitative estimate of drug-likeness (QED) is 0.548. The summed E-state index contributed by atoms with van der Waals surface area (Å²) < 4.78 is 5.80. The lowest BCUT2D eigenvalue weighted by atomic mass is 9.97. The van der Waals surface area contributed by atoms with Crippen LogP contribution < -0.4 is 16.1 Å². The van der Waals surface area contributed by atoms with Gasteiger partial charge in [-0.15, -0.1) is 0 Å². The second kappa shape index (κ2) is 5.35. The molecule has 1 heterocycles. The Bertz CT molecular complexity index is 1240. The number of aliphatic hydroxyl groups excluding tert-OH is 1. The lowest BCUT2D eigenvalue weighted by Gasteiger charge is -2.11. The molecule has 1 N–H and O–H groups in total. The van der Waals surface area contributed by atoms with E-state index in [1.165, 1.54) is 18.2 Å². The van der Waals surface area contributed by atoms with E-state index in [-0.39, 0.29) is 21.7 Å². The summed E-state index contributed by atoms with van der Waals surface area (Å²) in [7, 11) is 0. The Morgan fingerprint density at radius 1 is 0.875 bits per heavy atom. The minimum atomic E-state index is -0.342. The summed E-state index contributed by atoms with van der Waals surface area (Å²) in [5, 5.41) is 11.0. The van der Waals surface area contributed by atoms with Gasteiger partial charge in [-0.05, 0) is 29.8 Å². The fourth-order valence-electron chi connectivity index (χ4n) is 2.98. The fourth-order valence-corrected chi connectivity index (χ4v) is 2.98. The molecule has 0 radical (unpaired) electrons. The van der Waals surface area contributed by atoms with Crippen molar-refractivity contribution in [2.45, 2.75) is 0 Å². The van der Waals surface area contributed by atoms with Crippen LogP contribution in [0.2, 0.25) is 0 Å². The van der Waals surface area contributed by atoms with E-state index >= 15 is 0 Å². The first kappa shape index (κ1) is 14.2. The first-order valence-electron chi connectivity index (χ1n) is 7.42. The van der Waals surface area contributed by atoms with Gasteiger partial charge in [0.25, 0.3) is 0 Å². The summed E-state index contributed by atoms with van der Waals surface area (Å²) in [6.45, 7) is 0. The van der Waals surface area contributed by atoms with Crippen LogP contribution >= 0.6 is 0 Å². The Kier molecular flexibility index (Phi) is 3.17. The number of hydrogen-bond donors (Lipinski definition) is 1. The molecule has 4 heteroatoms. The average molecular weight is 316 g/mol. The van der Waals surface area contributed by atoms with Crippen molar-refractivity contribution in [3.8, 4) is 11.1 Å². The molecule has 0 unspecified atom stereocenters. The molecular formula is C20H12O4. The molecule has 1 aromatic heterocycles. The predicted octanol–water partition coefficient (Wildman–Crippen LogP) is 2.99. The number of fused-ring (bicyclic) bond motifs is 2. The molecule has 3 aromatic carbocycles. The van der Waals surface area contributed by atoms with E-state index < -0.39 is 0 Å². The number of hydrogen-bond acceptors (Lipinski definition) is 4. The molecule has 0 amide bonds. The van der Waals surface area contributed by atoms with E-state index in [2.05, 4.69) is 0 Å². The van der Waals surface area contributed by atoms with Gasteiger partial charge < -0.3 is 9.52 Å². The zero-order chi connectivity index (χ0) is 16.7. The smallest absolute Gasteiger partial charge is 0.192 e. The van der Waals surface area contributed by atoms with Crippen LogP contribution in [0.25, 0.3) is 39.3 Å². The van der Waals surface area contributed by atoms with Crippen molar-refractivity contribution in [3.05, 3.63) is 86.3 Å². The molecule has 0 bridgehead atoms. The maximum atomic E-state index is 12.0. The van der Waals surface area contributed by atoms with Crippen molar-refractivity contribution in [2.75, 3.05) is 0 Å². The van der Waals surface area contributed by atoms with Gasteiger partial charge in [-0.1, -0.05) is 30.3 Å². The molecule has 0 aliphatic carbocycles. The van der Waals surface area contributed by atoms with Gasteiger partial charge >= 0.3 is 0 Å². The average Bonchev–Trinajstić information content (AvgIpc) is 2.60. The Morgan fingerprint density at radius 3 is 2.38 bits per heavy atom. The highest BCUT2D eigenvalue weighted by Crippen LogP contribution is 2.34. The van der Waals surface area contributed by atoms with E-state index in [0.29, 0.717) is 11.0 Å². The third-order valence-electron chi connectivity index (χ3n) is 4.05. The molecule has 116 valence electrons. The normalized spacial score (nSPS) is 12.1. The van der Waals surface area contributed by atoms with Gasteiger partial charge in [0.15, 0.2) is 10.9 Å². The monoisotopic (exact) mass is 316 g/mol. The topological polar surface area (TPSA) is 67.5 Å². The standard InChI is InChI=1S/C20H12O4/c21-11-16-17(23)9-8-15-19(12-4-2-1-3-5-12)14-7-6-13(22)10-18(14)24-20(15)16/h1-11,21H/b16-11+. The van der Waals surface area contributed by atoms with Crippen molar-refractivity contribution in [3.63, 3.8) is 0 Å². The molecule has 0 aliphatic heterocycles. The molecule has 0 spiro atoms. The Morgan fingerprint density at radius 2 is 1.62 bits per heavy atom. The van der Waals surface area contributed by atoms with Crippen LogP contribution in [-0.4, -0.2) is 5.11 Å². The molecule has 24 heavy (non-hydrogen) atoms. The maximum Gasteiger partial charge on any atom is 0.192 e. The molecule has 0 fully saturated rings. The van der Waals surface area contributed by atoms with Gasteiger partial charge in [-0.2, -0.15) is 0 Å². The minimum Gasteiger partial charge on any atom is -0.515 e. The third kappa shape index (κ3) is 2.08. The SMILES string of the molecule is O=c1ccc2c(-c3ccccc3)c3ccc(=O)/c(=C\O)c3oc2c1. The summed E-state index contributed by atoms with van der Waals surface area (Å²) in [5.41, 5.74) is 1.91. The molecule has 0 atom stereocenters. The lowest BCUT2D eigenvalue weighted by molar-refractivity contribution is 0.538. The first-order valence-corrected chi connectivity index (χ1v) is 7.42. The molecule has 4 aromatic rings. The molecule has 4 rings (SSSR count). The van der Waals surface area contributed by atoms with Crippen LogP contribution in [0.1, 0.15) is 0 Å². The van der Waals surface area contributed by atoms with Crippen LogP contribution in [0, 0.1) is 0 Å². The van der Waals surface area contributed by atoms with Crippen LogP contribution in [0.3, 0.4) is 0 Å². The van der Waals surface area contributed by atoms with Crippen LogP contribution in [0.5, 0.6) is 0 Å². The summed E-state index contributed by atoms with van der Waals surface area (Å²) >= 11 is 0. The minimum absolute atomic E-state index is 0.0721. The summed E-state index contributed by atoms with van der Waals surface area (Å²) in [6.07, 6.45) is 0.746. The van der Waals surface area contributed by atoms with Crippen LogP contribution in [0.4, 0.5) is 0 Å². The second-order valence-electron chi connectivity index (χ2n) is 5.48. The molecule has 0 aliphatic rings. The van der Waals surface area contributed by atoms with Crippen molar-refractivity contribution in [1.29, 1.82) is 0 Å². The molecule has 0 saturated carbocycles. The highest BCUT2D eigenvalue weighted by molar-refractivity contribution is 6.07. The summed E-state index contributed by atoms with van der Waals surface area (Å²) in [6, 6.07) is 17.3. The van der Waals surface area contributed by atoms with Crippen molar-refractivity contribution in [2.24, 2.45) is 0 Å². The van der Waals surface area contributed by atoms with Crippen LogP contribution in [0.15, 0.2) is 74.7 Å². The van der Waals surface area contributed by atoms with Gasteiger partial charge in [0.2, 0.25) is 0 Å². The number of aliphatic hydroxyl groups is 1. The van der Waals surface area contributed by atoms with E-state index in [9.17, 15) is 14.7 Å². The predicted molar refractivity (Wildman–Crippen MR) is 94.0 cm³/mol. The zero-order valence-electron chi connectivity index (χ0n) is 12.5. The molecular weight excluding hydrogens is 304 g/mol. The van der Waals surface area contributed by atoms with Crippen LogP contribution in [-0.2, 0) is 0 Å². The van der Waals surface area contributed by atoms with E-state index in [0.717, 1.165) is 22.8 Å². The largest absolute Gasteiger partial charge is 0.515 e. The maximum absolute atomic E-state index is 12.0. The third-order valence-corrected chi connectivity index (χ3v) is 4.05. The fraction of sp³-hybridized carbons (Fsp3) is 0. The number of rotatable bonds is 1. The summed E-state index contributed by atoms with van der Waals surface area (Å²) in [4.78, 5) is 23.7.